The van der Waals surface area contributed by atoms with Crippen molar-refractivity contribution in [1.29, 1.82) is 0 Å². The van der Waals surface area contributed by atoms with E-state index in [0.717, 1.165) is 5.57 Å². The molecule has 1 unspecified atom stereocenters. The van der Waals surface area contributed by atoms with E-state index in [-0.39, 0.29) is 0 Å². The number of hydrogen-bond acceptors (Lipinski definition) is 0. The Labute approximate surface area is 76.7 Å². The van der Waals surface area contributed by atoms with Crippen molar-refractivity contribution in [2.75, 3.05) is 0 Å². The first-order valence-corrected chi connectivity index (χ1v) is 4.62. The molecule has 0 heterocycles. The molecule has 0 aromatic carbocycles. The van der Waals surface area contributed by atoms with Gasteiger partial charge in [-0.2, -0.15) is 0 Å². The van der Waals surface area contributed by atoms with E-state index in [9.17, 15) is 0 Å². The summed E-state index contributed by atoms with van der Waals surface area (Å²) in [5.74, 6) is 0.666. The summed E-state index contributed by atoms with van der Waals surface area (Å²) in [7, 11) is 0. The van der Waals surface area contributed by atoms with Crippen molar-refractivity contribution in [3.05, 3.63) is 36.0 Å². The largest absolute Gasteiger partial charge is 0.0955 e. The van der Waals surface area contributed by atoms with Crippen LogP contribution in [0.5, 0.6) is 0 Å². The monoisotopic (exact) mass is 164 g/mol. The minimum absolute atomic E-state index is 0.666. The van der Waals surface area contributed by atoms with E-state index < -0.39 is 0 Å². The minimum Gasteiger partial charge on any atom is -0.0955 e. The van der Waals surface area contributed by atoms with Gasteiger partial charge in [0.15, 0.2) is 0 Å². The molecule has 0 fully saturated rings. The number of hydrogen-bond donors (Lipinski definition) is 0. The lowest BCUT2D eigenvalue weighted by molar-refractivity contribution is 0.698. The third-order valence-electron chi connectivity index (χ3n) is 2.05. The van der Waals surface area contributed by atoms with Crippen LogP contribution in [0.3, 0.4) is 0 Å². The lowest BCUT2D eigenvalue weighted by atomic mass is 10.0. The second kappa shape index (κ2) is 5.82. The van der Waals surface area contributed by atoms with Gasteiger partial charge in [-0.25, -0.2) is 0 Å². The van der Waals surface area contributed by atoms with Crippen LogP contribution >= 0.6 is 0 Å². The van der Waals surface area contributed by atoms with E-state index in [1.165, 1.54) is 12.0 Å². The lowest BCUT2D eigenvalue weighted by Crippen LogP contribution is -1.86. The molecule has 0 radical (unpaired) electrons. The molecule has 0 nitrogen and oxygen atoms in total. The van der Waals surface area contributed by atoms with Gasteiger partial charge in [0.2, 0.25) is 0 Å². The van der Waals surface area contributed by atoms with E-state index in [1.54, 1.807) is 0 Å². The highest BCUT2D eigenvalue weighted by atomic mass is 14.0. The quantitative estimate of drug-likeness (QED) is 0.548. The van der Waals surface area contributed by atoms with Gasteiger partial charge in [0.25, 0.3) is 0 Å². The zero-order chi connectivity index (χ0) is 9.56. The fourth-order valence-corrected chi connectivity index (χ4v) is 0.889. The molecule has 0 spiro atoms. The van der Waals surface area contributed by atoms with Crippen LogP contribution in [0.2, 0.25) is 0 Å². The molecular weight excluding hydrogens is 144 g/mol. The highest BCUT2D eigenvalue weighted by Crippen LogP contribution is 2.11. The van der Waals surface area contributed by atoms with Gasteiger partial charge in [-0.3, -0.25) is 0 Å². The highest BCUT2D eigenvalue weighted by molar-refractivity contribution is 5.35. The van der Waals surface area contributed by atoms with Gasteiger partial charge in [-0.1, -0.05) is 50.6 Å². The molecule has 68 valence electrons. The van der Waals surface area contributed by atoms with Gasteiger partial charge >= 0.3 is 0 Å². The van der Waals surface area contributed by atoms with Gasteiger partial charge < -0.3 is 0 Å². The Balaban J connectivity index is 4.22. The minimum atomic E-state index is 0.666. The van der Waals surface area contributed by atoms with Crippen LogP contribution < -0.4 is 0 Å². The maximum atomic E-state index is 3.91. The van der Waals surface area contributed by atoms with Crippen LogP contribution in [0.1, 0.15) is 34.1 Å². The number of allylic oxidation sites excluding steroid dienone is 5. The summed E-state index contributed by atoms with van der Waals surface area (Å²) in [6, 6.07) is 0. The first kappa shape index (κ1) is 11.2. The van der Waals surface area contributed by atoms with E-state index in [2.05, 4.69) is 38.7 Å². The van der Waals surface area contributed by atoms with Crippen LogP contribution in [0.4, 0.5) is 0 Å². The molecule has 0 aliphatic heterocycles. The SMILES string of the molecule is C=C(C)C(C=CC(C)CC)=CC. The van der Waals surface area contributed by atoms with Crippen LogP contribution in [0.15, 0.2) is 36.0 Å². The first-order chi connectivity index (χ1) is 5.61. The third-order valence-corrected chi connectivity index (χ3v) is 2.05. The van der Waals surface area contributed by atoms with Crippen molar-refractivity contribution >= 4 is 0 Å². The fourth-order valence-electron chi connectivity index (χ4n) is 0.889. The van der Waals surface area contributed by atoms with Gasteiger partial charge in [-0.15, -0.1) is 0 Å². The molecule has 12 heavy (non-hydrogen) atoms. The van der Waals surface area contributed by atoms with Crippen LogP contribution in [0.25, 0.3) is 0 Å². The Morgan fingerprint density at radius 1 is 1.50 bits per heavy atom. The normalized spacial score (nSPS) is 15.2. The summed E-state index contributed by atoms with van der Waals surface area (Å²) in [6.45, 7) is 12.4. The standard InChI is InChI=1S/C12H20/c1-6-11(5)8-9-12(7-2)10(3)4/h7-9,11H,3,6H2,1-2,4-5H3. The van der Waals surface area contributed by atoms with Gasteiger partial charge in [0.1, 0.15) is 0 Å². The molecule has 0 saturated carbocycles. The molecule has 0 heteroatoms. The van der Waals surface area contributed by atoms with E-state index >= 15 is 0 Å². The topological polar surface area (TPSA) is 0 Å². The molecule has 0 amide bonds. The molecule has 1 atom stereocenters. The maximum Gasteiger partial charge on any atom is -0.0261 e. The summed E-state index contributed by atoms with van der Waals surface area (Å²) in [4.78, 5) is 0. The Morgan fingerprint density at radius 2 is 2.08 bits per heavy atom. The summed E-state index contributed by atoms with van der Waals surface area (Å²) in [5, 5.41) is 0. The average Bonchev–Trinajstić information content (AvgIpc) is 2.04. The van der Waals surface area contributed by atoms with Gasteiger partial charge in [-0.05, 0) is 25.3 Å². The van der Waals surface area contributed by atoms with Crippen molar-refractivity contribution in [3.8, 4) is 0 Å². The van der Waals surface area contributed by atoms with Gasteiger partial charge in [0, 0.05) is 0 Å². The zero-order valence-corrected chi connectivity index (χ0v) is 8.72. The van der Waals surface area contributed by atoms with E-state index in [1.807, 2.05) is 13.8 Å². The lowest BCUT2D eigenvalue weighted by Gasteiger charge is -2.02. The van der Waals surface area contributed by atoms with Crippen molar-refractivity contribution in [2.24, 2.45) is 5.92 Å². The van der Waals surface area contributed by atoms with Crippen molar-refractivity contribution in [1.82, 2.24) is 0 Å². The molecule has 0 bridgehead atoms. The Morgan fingerprint density at radius 3 is 2.42 bits per heavy atom. The predicted molar refractivity (Wildman–Crippen MR) is 57.2 cm³/mol. The van der Waals surface area contributed by atoms with Crippen LogP contribution in [-0.2, 0) is 0 Å². The molecular formula is C12H20. The summed E-state index contributed by atoms with van der Waals surface area (Å²) < 4.78 is 0. The van der Waals surface area contributed by atoms with Crippen LogP contribution in [-0.4, -0.2) is 0 Å². The molecule has 0 aromatic rings. The predicted octanol–water partition coefficient (Wildman–Crippen LogP) is 4.11. The van der Waals surface area contributed by atoms with Crippen molar-refractivity contribution in [2.45, 2.75) is 34.1 Å². The molecule has 0 aliphatic rings. The fraction of sp³-hybridized carbons (Fsp3) is 0.500. The smallest absolute Gasteiger partial charge is 0.0261 e. The van der Waals surface area contributed by atoms with E-state index in [4.69, 9.17) is 0 Å². The second-order valence-electron chi connectivity index (χ2n) is 3.27. The summed E-state index contributed by atoms with van der Waals surface area (Å²) in [6.07, 6.45) is 7.70. The average molecular weight is 164 g/mol. The van der Waals surface area contributed by atoms with Crippen molar-refractivity contribution in [3.63, 3.8) is 0 Å². The number of rotatable bonds is 4. The van der Waals surface area contributed by atoms with Crippen molar-refractivity contribution < 1.29 is 0 Å². The third kappa shape index (κ3) is 4.17. The summed E-state index contributed by atoms with van der Waals surface area (Å²) >= 11 is 0. The molecule has 0 aromatic heterocycles. The highest BCUT2D eigenvalue weighted by Gasteiger charge is 1.93. The molecule has 0 N–H and O–H groups in total. The van der Waals surface area contributed by atoms with Gasteiger partial charge in [0.05, 0.1) is 0 Å². The summed E-state index contributed by atoms with van der Waals surface area (Å²) in [5.41, 5.74) is 2.38. The molecule has 0 rings (SSSR count). The Hall–Kier alpha value is -0.780. The first-order valence-electron chi connectivity index (χ1n) is 4.62. The molecule has 0 aliphatic carbocycles. The zero-order valence-electron chi connectivity index (χ0n) is 8.72. The van der Waals surface area contributed by atoms with Crippen LogP contribution in [0, 0.1) is 5.92 Å². The molecule has 0 saturated heterocycles. The Kier molecular flexibility index (Phi) is 5.44. The van der Waals surface area contributed by atoms with E-state index in [0.29, 0.717) is 5.92 Å². The maximum absolute atomic E-state index is 3.91. The second-order valence-corrected chi connectivity index (χ2v) is 3.27. The Bertz CT molecular complexity index is 194.